The fourth-order valence-electron chi connectivity index (χ4n) is 0.361. The maximum atomic E-state index is 8.35. The van der Waals surface area contributed by atoms with Gasteiger partial charge in [-0.2, -0.15) is 0 Å². The van der Waals surface area contributed by atoms with Crippen molar-refractivity contribution >= 4 is 6.08 Å². The molecular formula is C4H8N2O2. The van der Waals surface area contributed by atoms with Crippen LogP contribution in [-0.2, 0) is 9.53 Å². The van der Waals surface area contributed by atoms with E-state index in [1.165, 1.54) is 0 Å². The smallest absolute Gasteiger partial charge is 0.231 e. The van der Waals surface area contributed by atoms with Crippen LogP contribution in [0.15, 0.2) is 0 Å². The van der Waals surface area contributed by atoms with Gasteiger partial charge in [-0.3, -0.25) is 5.32 Å². The molecule has 0 aliphatic carbocycles. The molecule has 0 unspecified atom stereocenters. The second kappa shape index (κ2) is 6.30. The molecule has 1 rings (SSSR count). The van der Waals surface area contributed by atoms with Crippen LogP contribution in [0.3, 0.4) is 0 Å². The van der Waals surface area contributed by atoms with Crippen molar-refractivity contribution in [2.45, 2.75) is 0 Å². The second-order valence-corrected chi connectivity index (χ2v) is 1.15. The number of nitrogens with one attached hydrogen (secondary N) is 2. The first-order valence-electron chi connectivity index (χ1n) is 2.24. The van der Waals surface area contributed by atoms with Crippen LogP contribution in [0.5, 0.6) is 0 Å². The highest BCUT2D eigenvalue weighted by atomic mass is 16.5. The molecule has 4 nitrogen and oxygen atoms in total. The zero-order valence-corrected chi connectivity index (χ0v) is 4.44. The third-order valence-electron chi connectivity index (χ3n) is 0.627. The van der Waals surface area contributed by atoms with E-state index in [-0.39, 0.29) is 0 Å². The highest BCUT2D eigenvalue weighted by Gasteiger charge is 1.92. The van der Waals surface area contributed by atoms with Crippen LogP contribution in [0.2, 0.25) is 0 Å². The molecular weight excluding hydrogens is 108 g/mol. The van der Waals surface area contributed by atoms with Gasteiger partial charge >= 0.3 is 0 Å². The number of ether oxygens (including phenoxy) is 1. The predicted molar refractivity (Wildman–Crippen MR) is 27.2 cm³/mol. The van der Waals surface area contributed by atoms with E-state index >= 15 is 0 Å². The molecule has 0 saturated carbocycles. The Morgan fingerprint density at radius 1 is 1.75 bits per heavy atom. The summed E-state index contributed by atoms with van der Waals surface area (Å²) in [4.78, 5) is 8.35. The molecule has 4 heteroatoms. The molecule has 1 aliphatic heterocycles. The number of hydrogen-bond acceptors (Lipinski definition) is 4. The standard InChI is InChI=1S/C3H7NO.CHNO/c1-2-5-3-4-1;2-1-3/h4H,1-3H2;2H. The predicted octanol–water partition coefficient (Wildman–Crippen LogP) is -0.535. The van der Waals surface area contributed by atoms with Crippen LogP contribution in [0.25, 0.3) is 0 Å². The highest BCUT2D eigenvalue weighted by molar-refractivity contribution is 5.26. The average Bonchev–Trinajstić information content (AvgIpc) is 2.17. The van der Waals surface area contributed by atoms with E-state index < -0.39 is 0 Å². The van der Waals surface area contributed by atoms with Crippen LogP contribution in [-0.4, -0.2) is 26.0 Å². The molecule has 0 aromatic carbocycles. The largest absolute Gasteiger partial charge is 0.365 e. The molecule has 1 fully saturated rings. The minimum absolute atomic E-state index is 0.750. The number of hydrogen-bond donors (Lipinski definition) is 2. The van der Waals surface area contributed by atoms with Gasteiger partial charge in [-0.05, 0) is 0 Å². The van der Waals surface area contributed by atoms with Gasteiger partial charge in [0.05, 0.1) is 13.3 Å². The normalized spacial score (nSPS) is 16.0. The molecule has 2 N–H and O–H groups in total. The van der Waals surface area contributed by atoms with E-state index in [4.69, 9.17) is 14.9 Å². The lowest BCUT2D eigenvalue weighted by Gasteiger charge is -1.76. The first kappa shape index (κ1) is 7.30. The summed E-state index contributed by atoms with van der Waals surface area (Å²) < 4.78 is 4.83. The van der Waals surface area contributed by atoms with E-state index in [9.17, 15) is 0 Å². The summed E-state index contributed by atoms with van der Waals surface area (Å²) >= 11 is 0. The molecule has 0 bridgehead atoms. The number of rotatable bonds is 0. The lowest BCUT2D eigenvalue weighted by Crippen LogP contribution is -2.05. The quantitative estimate of drug-likeness (QED) is 0.330. The first-order chi connectivity index (χ1) is 3.91. The molecule has 0 radical (unpaired) electrons. The van der Waals surface area contributed by atoms with Gasteiger partial charge in [0.15, 0.2) is 0 Å². The summed E-state index contributed by atoms with van der Waals surface area (Å²) in [6.45, 7) is 2.67. The van der Waals surface area contributed by atoms with Crippen LogP contribution in [0.1, 0.15) is 0 Å². The van der Waals surface area contributed by atoms with E-state index in [1.807, 2.05) is 0 Å². The summed E-state index contributed by atoms with van der Waals surface area (Å²) in [5, 5.41) is 8.40. The van der Waals surface area contributed by atoms with Gasteiger partial charge in [-0.1, -0.05) is 0 Å². The van der Waals surface area contributed by atoms with Crippen molar-refractivity contribution in [2.75, 3.05) is 19.9 Å². The minimum Gasteiger partial charge on any atom is -0.365 e. The van der Waals surface area contributed by atoms with Crippen LogP contribution in [0, 0.1) is 5.41 Å². The Kier molecular flexibility index (Phi) is 5.75. The number of carbonyl (C=O) groups excluding carboxylic acids is 1. The fraction of sp³-hybridized carbons (Fsp3) is 0.750. The van der Waals surface area contributed by atoms with E-state index in [2.05, 4.69) is 5.32 Å². The molecule has 1 heterocycles. The van der Waals surface area contributed by atoms with Crippen molar-refractivity contribution < 1.29 is 9.53 Å². The van der Waals surface area contributed by atoms with Crippen LogP contribution < -0.4 is 5.32 Å². The van der Waals surface area contributed by atoms with Gasteiger partial charge in [-0.25, -0.2) is 10.2 Å². The van der Waals surface area contributed by atoms with Crippen LogP contribution >= 0.6 is 0 Å². The Labute approximate surface area is 47.3 Å². The van der Waals surface area contributed by atoms with E-state index in [1.54, 1.807) is 0 Å². The van der Waals surface area contributed by atoms with E-state index in [0.29, 0.717) is 0 Å². The first-order valence-corrected chi connectivity index (χ1v) is 2.24. The lowest BCUT2D eigenvalue weighted by atomic mass is 10.7. The van der Waals surface area contributed by atoms with Crippen LogP contribution in [0.4, 0.5) is 0 Å². The monoisotopic (exact) mass is 116 g/mol. The molecule has 8 heavy (non-hydrogen) atoms. The second-order valence-electron chi connectivity index (χ2n) is 1.15. The molecule has 1 saturated heterocycles. The lowest BCUT2D eigenvalue weighted by molar-refractivity contribution is 0.194. The fourth-order valence-corrected chi connectivity index (χ4v) is 0.361. The van der Waals surface area contributed by atoms with Gasteiger partial charge < -0.3 is 4.74 Å². The highest BCUT2D eigenvalue weighted by Crippen LogP contribution is 1.75. The third kappa shape index (κ3) is 5.30. The van der Waals surface area contributed by atoms with Gasteiger partial charge in [0.1, 0.15) is 0 Å². The number of isocyanates is 1. The zero-order chi connectivity index (χ0) is 6.24. The van der Waals surface area contributed by atoms with Gasteiger partial charge in [-0.15, -0.1) is 0 Å². The topological polar surface area (TPSA) is 62.2 Å². The SMILES string of the molecule is C1COCN1.N=C=O. The summed E-state index contributed by atoms with van der Waals surface area (Å²) in [5.41, 5.74) is 0. The Balaban J connectivity index is 0.000000145. The van der Waals surface area contributed by atoms with Gasteiger partial charge in [0, 0.05) is 6.54 Å². The van der Waals surface area contributed by atoms with Crippen molar-refractivity contribution in [2.24, 2.45) is 0 Å². The maximum absolute atomic E-state index is 8.35. The third-order valence-corrected chi connectivity index (χ3v) is 0.627. The Morgan fingerprint density at radius 3 is 2.50 bits per heavy atom. The Hall–Kier alpha value is -0.700. The van der Waals surface area contributed by atoms with Gasteiger partial charge in [0.25, 0.3) is 0 Å². The molecule has 0 atom stereocenters. The van der Waals surface area contributed by atoms with Crippen molar-refractivity contribution in [3.63, 3.8) is 0 Å². The Bertz CT molecular complexity index is 66.5. The molecule has 46 valence electrons. The zero-order valence-electron chi connectivity index (χ0n) is 4.44. The van der Waals surface area contributed by atoms with Crippen molar-refractivity contribution in [3.8, 4) is 0 Å². The van der Waals surface area contributed by atoms with Crippen molar-refractivity contribution in [1.29, 1.82) is 5.41 Å². The molecule has 0 aromatic heterocycles. The average molecular weight is 116 g/mol. The van der Waals surface area contributed by atoms with Crippen molar-refractivity contribution in [3.05, 3.63) is 0 Å². The molecule has 0 spiro atoms. The Morgan fingerprint density at radius 2 is 2.38 bits per heavy atom. The maximum Gasteiger partial charge on any atom is 0.231 e. The summed E-state index contributed by atoms with van der Waals surface area (Å²) in [5.74, 6) is 0. The summed E-state index contributed by atoms with van der Waals surface area (Å²) in [6, 6.07) is 0. The molecule has 1 aliphatic rings. The van der Waals surface area contributed by atoms with Crippen molar-refractivity contribution in [1.82, 2.24) is 5.32 Å². The molecule has 0 amide bonds. The summed E-state index contributed by atoms with van der Waals surface area (Å²) in [7, 11) is 0. The van der Waals surface area contributed by atoms with Gasteiger partial charge in [0.2, 0.25) is 6.08 Å². The minimum atomic E-state index is 0.750. The van der Waals surface area contributed by atoms with E-state index in [0.717, 1.165) is 26.0 Å². The summed E-state index contributed by atoms with van der Waals surface area (Å²) in [6.07, 6.45) is 0.750. The molecule has 0 aromatic rings.